The lowest BCUT2D eigenvalue weighted by atomic mass is 9.89. The number of carbonyl (C=O) groups excluding carboxylic acids is 1. The Morgan fingerprint density at radius 1 is 1.21 bits per heavy atom. The van der Waals surface area contributed by atoms with Gasteiger partial charge in [0.2, 0.25) is 0 Å². The van der Waals surface area contributed by atoms with Crippen molar-refractivity contribution in [1.29, 1.82) is 0 Å². The third kappa shape index (κ3) is 5.73. The molecule has 28 heavy (non-hydrogen) atoms. The predicted molar refractivity (Wildman–Crippen MR) is 111 cm³/mol. The number of carbonyl (C=O) groups is 1. The van der Waals surface area contributed by atoms with Crippen molar-refractivity contribution in [2.45, 2.75) is 38.3 Å². The van der Waals surface area contributed by atoms with Gasteiger partial charge in [0.1, 0.15) is 5.75 Å². The van der Waals surface area contributed by atoms with Crippen molar-refractivity contribution in [1.82, 2.24) is 10.6 Å². The average Bonchev–Trinajstić information content (AvgIpc) is 2.73. The molecule has 1 fully saturated rings. The number of rotatable bonds is 7. The Morgan fingerprint density at radius 2 is 2.04 bits per heavy atom. The Hall–Kier alpha value is -2.53. The Balaban J connectivity index is 1.48. The molecule has 3 rings (SSSR count). The molecule has 2 aromatic rings. The maximum atomic E-state index is 12.4. The first kappa shape index (κ1) is 20.2. The first-order valence-corrected chi connectivity index (χ1v) is 9.99. The molecule has 5 heteroatoms. The van der Waals surface area contributed by atoms with E-state index in [1.165, 1.54) is 5.56 Å². The van der Waals surface area contributed by atoms with E-state index in [0.717, 1.165) is 37.2 Å². The van der Waals surface area contributed by atoms with Gasteiger partial charge in [-0.1, -0.05) is 42.5 Å². The third-order valence-corrected chi connectivity index (χ3v) is 5.15. The van der Waals surface area contributed by atoms with E-state index < -0.39 is 0 Å². The van der Waals surface area contributed by atoms with Gasteiger partial charge in [-0.2, -0.15) is 0 Å². The molecule has 0 aromatic heterocycles. The molecule has 0 bridgehead atoms. The van der Waals surface area contributed by atoms with E-state index in [9.17, 15) is 4.79 Å². The van der Waals surface area contributed by atoms with E-state index in [-0.39, 0.29) is 24.1 Å². The van der Waals surface area contributed by atoms with E-state index in [2.05, 4.69) is 22.8 Å². The summed E-state index contributed by atoms with van der Waals surface area (Å²) in [5, 5.41) is 6.06. The van der Waals surface area contributed by atoms with Gasteiger partial charge in [0, 0.05) is 25.1 Å². The standard InChI is InChI=1S/C23H30N2O3/c1-17(14-18-8-6-12-21(15-18)27-2)25-23(26)24-16-20-11-7-13-28-22(20)19-9-4-3-5-10-19/h3-6,8-10,12,15,17,20,22H,7,11,13-14,16H2,1-2H3,(H2,24,25,26). The van der Waals surface area contributed by atoms with Crippen LogP contribution < -0.4 is 15.4 Å². The van der Waals surface area contributed by atoms with Crippen molar-refractivity contribution >= 4 is 6.03 Å². The predicted octanol–water partition coefficient (Wildman–Crippen LogP) is 4.09. The minimum Gasteiger partial charge on any atom is -0.497 e. The minimum atomic E-state index is -0.132. The van der Waals surface area contributed by atoms with Crippen molar-refractivity contribution < 1.29 is 14.3 Å². The Morgan fingerprint density at radius 3 is 2.82 bits per heavy atom. The normalized spacial score (nSPS) is 20.2. The zero-order chi connectivity index (χ0) is 19.8. The van der Waals surface area contributed by atoms with Crippen LogP contribution in [0.4, 0.5) is 4.79 Å². The van der Waals surface area contributed by atoms with Gasteiger partial charge in [0.25, 0.3) is 0 Å². The van der Waals surface area contributed by atoms with Crippen LogP contribution >= 0.6 is 0 Å². The molecule has 5 nitrogen and oxygen atoms in total. The molecule has 1 aliphatic rings. The van der Waals surface area contributed by atoms with Crippen LogP contribution in [0, 0.1) is 5.92 Å². The number of amides is 2. The molecule has 2 aromatic carbocycles. The highest BCUT2D eigenvalue weighted by molar-refractivity contribution is 5.74. The quantitative estimate of drug-likeness (QED) is 0.758. The van der Waals surface area contributed by atoms with Crippen LogP contribution in [-0.4, -0.2) is 32.3 Å². The third-order valence-electron chi connectivity index (χ3n) is 5.15. The lowest BCUT2D eigenvalue weighted by molar-refractivity contribution is -0.0269. The van der Waals surface area contributed by atoms with E-state index in [4.69, 9.17) is 9.47 Å². The Labute approximate surface area is 167 Å². The van der Waals surface area contributed by atoms with E-state index in [0.29, 0.717) is 6.54 Å². The summed E-state index contributed by atoms with van der Waals surface area (Å²) in [4.78, 5) is 12.4. The second-order valence-corrected chi connectivity index (χ2v) is 7.42. The number of ether oxygens (including phenoxy) is 2. The summed E-state index contributed by atoms with van der Waals surface area (Å²) in [6, 6.07) is 18.1. The fraction of sp³-hybridized carbons (Fsp3) is 0.435. The number of benzene rings is 2. The first-order chi connectivity index (χ1) is 13.7. The maximum Gasteiger partial charge on any atom is 0.315 e. The van der Waals surface area contributed by atoms with Gasteiger partial charge in [-0.15, -0.1) is 0 Å². The molecule has 150 valence electrons. The monoisotopic (exact) mass is 382 g/mol. The summed E-state index contributed by atoms with van der Waals surface area (Å²) in [6.07, 6.45) is 2.89. The largest absolute Gasteiger partial charge is 0.497 e. The molecule has 0 aliphatic carbocycles. The van der Waals surface area contributed by atoms with Crippen LogP contribution in [0.2, 0.25) is 0 Å². The van der Waals surface area contributed by atoms with E-state index >= 15 is 0 Å². The molecule has 2 N–H and O–H groups in total. The molecule has 1 heterocycles. The average molecular weight is 383 g/mol. The molecule has 1 saturated heterocycles. The summed E-state index contributed by atoms with van der Waals surface area (Å²) in [5.74, 6) is 1.12. The molecular weight excluding hydrogens is 352 g/mol. The van der Waals surface area contributed by atoms with Crippen molar-refractivity contribution in [3.05, 3.63) is 65.7 Å². The molecule has 3 atom stereocenters. The zero-order valence-electron chi connectivity index (χ0n) is 16.7. The summed E-state index contributed by atoms with van der Waals surface area (Å²) in [6.45, 7) is 3.40. The SMILES string of the molecule is COc1cccc(CC(C)NC(=O)NCC2CCCOC2c2ccccc2)c1. The zero-order valence-corrected chi connectivity index (χ0v) is 16.7. The van der Waals surface area contributed by atoms with Gasteiger partial charge in [0.15, 0.2) is 0 Å². The van der Waals surface area contributed by atoms with Crippen LogP contribution in [0.1, 0.15) is 37.0 Å². The molecule has 0 spiro atoms. The summed E-state index contributed by atoms with van der Waals surface area (Å²) in [7, 11) is 1.66. The van der Waals surface area contributed by atoms with Crippen LogP contribution in [0.25, 0.3) is 0 Å². The fourth-order valence-electron chi connectivity index (χ4n) is 3.77. The fourth-order valence-corrected chi connectivity index (χ4v) is 3.77. The summed E-state index contributed by atoms with van der Waals surface area (Å²) < 4.78 is 11.3. The number of hydrogen-bond donors (Lipinski definition) is 2. The molecule has 0 radical (unpaired) electrons. The van der Waals surface area contributed by atoms with Crippen molar-refractivity contribution in [3.8, 4) is 5.75 Å². The smallest absolute Gasteiger partial charge is 0.315 e. The lowest BCUT2D eigenvalue weighted by Gasteiger charge is -2.32. The van der Waals surface area contributed by atoms with Gasteiger partial charge in [-0.3, -0.25) is 0 Å². The van der Waals surface area contributed by atoms with Crippen molar-refractivity contribution in [2.24, 2.45) is 5.92 Å². The highest BCUT2D eigenvalue weighted by Crippen LogP contribution is 2.33. The van der Waals surface area contributed by atoms with E-state index in [1.54, 1.807) is 7.11 Å². The second-order valence-electron chi connectivity index (χ2n) is 7.42. The number of methoxy groups -OCH3 is 1. The maximum absolute atomic E-state index is 12.4. The number of urea groups is 1. The first-order valence-electron chi connectivity index (χ1n) is 9.99. The Kier molecular flexibility index (Phi) is 7.31. The highest BCUT2D eigenvalue weighted by atomic mass is 16.5. The van der Waals surface area contributed by atoms with Crippen LogP contribution in [-0.2, 0) is 11.2 Å². The molecule has 0 saturated carbocycles. The van der Waals surface area contributed by atoms with Crippen LogP contribution in [0.15, 0.2) is 54.6 Å². The van der Waals surface area contributed by atoms with Gasteiger partial charge >= 0.3 is 6.03 Å². The van der Waals surface area contributed by atoms with Gasteiger partial charge < -0.3 is 20.1 Å². The molecule has 2 amide bonds. The minimum absolute atomic E-state index is 0.0274. The number of hydrogen-bond acceptors (Lipinski definition) is 3. The highest BCUT2D eigenvalue weighted by Gasteiger charge is 2.27. The molecule has 1 aliphatic heterocycles. The van der Waals surface area contributed by atoms with E-state index in [1.807, 2.05) is 49.4 Å². The molecule has 3 unspecified atom stereocenters. The second kappa shape index (κ2) is 10.1. The van der Waals surface area contributed by atoms with Crippen molar-refractivity contribution in [2.75, 3.05) is 20.3 Å². The van der Waals surface area contributed by atoms with Crippen LogP contribution in [0.3, 0.4) is 0 Å². The van der Waals surface area contributed by atoms with Crippen molar-refractivity contribution in [3.63, 3.8) is 0 Å². The Bertz CT molecular complexity index is 751. The van der Waals surface area contributed by atoms with Gasteiger partial charge in [-0.05, 0) is 49.4 Å². The van der Waals surface area contributed by atoms with Crippen LogP contribution in [0.5, 0.6) is 5.75 Å². The van der Waals surface area contributed by atoms with Gasteiger partial charge in [0.05, 0.1) is 13.2 Å². The molecular formula is C23H30N2O3. The summed E-state index contributed by atoms with van der Waals surface area (Å²) in [5.41, 5.74) is 2.32. The summed E-state index contributed by atoms with van der Waals surface area (Å²) >= 11 is 0. The van der Waals surface area contributed by atoms with Gasteiger partial charge in [-0.25, -0.2) is 4.79 Å². The lowest BCUT2D eigenvalue weighted by Crippen LogP contribution is -2.44. The topological polar surface area (TPSA) is 59.6 Å². The number of nitrogens with one attached hydrogen (secondary N) is 2.